The Morgan fingerprint density at radius 3 is 2.38 bits per heavy atom. The number of esters is 1. The molecule has 6 nitrogen and oxygen atoms in total. The van der Waals surface area contributed by atoms with Gasteiger partial charge in [-0.1, -0.05) is 18.2 Å². The van der Waals surface area contributed by atoms with Crippen LogP contribution in [0.2, 0.25) is 0 Å². The van der Waals surface area contributed by atoms with E-state index in [-0.39, 0.29) is 24.4 Å². The molecule has 0 radical (unpaired) electrons. The molecule has 0 bridgehead atoms. The number of hydrogen-bond donors (Lipinski definition) is 0. The number of nitrogens with zero attached hydrogens (tertiary/aromatic N) is 3. The molecule has 2 heterocycles. The Balaban J connectivity index is 1.65. The zero-order valence-electron chi connectivity index (χ0n) is 17.2. The lowest BCUT2D eigenvalue weighted by Crippen LogP contribution is -2.36. The van der Waals surface area contributed by atoms with Gasteiger partial charge in [0.25, 0.3) is 5.91 Å². The smallest absolute Gasteiger partial charge is 0.416 e. The molecule has 3 aromatic rings. The van der Waals surface area contributed by atoms with Crippen molar-refractivity contribution in [2.45, 2.75) is 26.1 Å². The summed E-state index contributed by atoms with van der Waals surface area (Å²) in [6.45, 7) is 2.32. The van der Waals surface area contributed by atoms with Crippen LogP contribution in [0.5, 0.6) is 0 Å². The molecule has 1 aliphatic heterocycles. The maximum absolute atomic E-state index is 13.0. The first-order valence-corrected chi connectivity index (χ1v) is 10.1. The van der Waals surface area contributed by atoms with E-state index in [2.05, 4.69) is 5.10 Å². The fourth-order valence-electron chi connectivity index (χ4n) is 3.72. The topological polar surface area (TPSA) is 64.4 Å². The number of para-hydroxylation sites is 1. The molecule has 1 aromatic heterocycles. The van der Waals surface area contributed by atoms with Crippen molar-refractivity contribution in [2.75, 3.05) is 13.2 Å². The molecular weight excluding hydrogens is 423 g/mol. The molecule has 0 atom stereocenters. The number of carbonyl (C=O) groups is 2. The number of fused-ring (bicyclic) bond motifs is 1. The second-order valence-corrected chi connectivity index (χ2v) is 7.29. The van der Waals surface area contributed by atoms with E-state index < -0.39 is 23.6 Å². The van der Waals surface area contributed by atoms with Gasteiger partial charge in [0.1, 0.15) is 0 Å². The Kier molecular flexibility index (Phi) is 5.73. The Hall–Kier alpha value is -3.62. The molecule has 32 heavy (non-hydrogen) atoms. The van der Waals surface area contributed by atoms with E-state index in [0.717, 1.165) is 23.5 Å². The largest absolute Gasteiger partial charge is 0.461 e. The molecule has 0 saturated carbocycles. The molecule has 0 spiro atoms. The third kappa shape index (κ3) is 4.10. The first-order chi connectivity index (χ1) is 15.3. The van der Waals surface area contributed by atoms with E-state index in [0.29, 0.717) is 18.5 Å². The monoisotopic (exact) mass is 443 g/mol. The third-order valence-corrected chi connectivity index (χ3v) is 5.27. The Morgan fingerprint density at radius 2 is 1.75 bits per heavy atom. The van der Waals surface area contributed by atoms with Gasteiger partial charge in [0.05, 0.1) is 30.1 Å². The average Bonchev–Trinajstić information content (AvgIpc) is 3.18. The maximum Gasteiger partial charge on any atom is 0.416 e. The lowest BCUT2D eigenvalue weighted by Gasteiger charge is -2.28. The number of rotatable bonds is 4. The number of aromatic nitrogens is 2. The van der Waals surface area contributed by atoms with E-state index in [9.17, 15) is 22.8 Å². The molecule has 4 rings (SSSR count). The van der Waals surface area contributed by atoms with Crippen molar-refractivity contribution in [1.29, 1.82) is 0 Å². The number of alkyl halides is 3. The zero-order chi connectivity index (χ0) is 22.9. The Labute approximate surface area is 182 Å². The van der Waals surface area contributed by atoms with Crippen LogP contribution < -0.4 is 0 Å². The number of halogens is 3. The molecule has 0 N–H and O–H groups in total. The van der Waals surface area contributed by atoms with Crippen LogP contribution in [0.1, 0.15) is 44.6 Å². The lowest BCUT2D eigenvalue weighted by molar-refractivity contribution is -0.137. The molecular formula is C23H20F3N3O3. The lowest BCUT2D eigenvalue weighted by atomic mass is 10.0. The maximum atomic E-state index is 13.0. The molecule has 0 saturated heterocycles. The highest BCUT2D eigenvalue weighted by atomic mass is 19.4. The van der Waals surface area contributed by atoms with Crippen molar-refractivity contribution in [3.8, 4) is 5.69 Å². The molecule has 0 fully saturated rings. The summed E-state index contributed by atoms with van der Waals surface area (Å²) in [5, 5.41) is 4.46. The fraction of sp³-hybridized carbons (Fsp3) is 0.261. The molecule has 0 unspecified atom stereocenters. The second-order valence-electron chi connectivity index (χ2n) is 7.29. The summed E-state index contributed by atoms with van der Waals surface area (Å²) in [4.78, 5) is 27.0. The van der Waals surface area contributed by atoms with Crippen LogP contribution in [-0.4, -0.2) is 39.7 Å². The van der Waals surface area contributed by atoms with Crippen molar-refractivity contribution in [1.82, 2.24) is 14.7 Å². The minimum atomic E-state index is -4.47. The summed E-state index contributed by atoms with van der Waals surface area (Å²) in [5.41, 5.74) is 1.63. The van der Waals surface area contributed by atoms with Crippen LogP contribution >= 0.6 is 0 Å². The standard InChI is InChI=1S/C23H20F3N3O3/c1-2-32-22(31)20-18-14-28(21(30)15-8-10-16(11-9-15)23(24,25)26)13-12-19(18)29(27-20)17-6-4-3-5-7-17/h3-11H,2,12-14H2,1H3. The van der Waals surface area contributed by atoms with E-state index >= 15 is 0 Å². The highest BCUT2D eigenvalue weighted by molar-refractivity contribution is 5.95. The van der Waals surface area contributed by atoms with Gasteiger partial charge in [0.2, 0.25) is 0 Å². The fourth-order valence-corrected chi connectivity index (χ4v) is 3.72. The van der Waals surface area contributed by atoms with Crippen LogP contribution in [0.4, 0.5) is 13.2 Å². The van der Waals surface area contributed by atoms with Crippen LogP contribution in [0, 0.1) is 0 Å². The summed E-state index contributed by atoms with van der Waals surface area (Å²) in [5.74, 6) is -0.992. The minimum Gasteiger partial charge on any atom is -0.461 e. The SMILES string of the molecule is CCOC(=O)c1nn(-c2ccccc2)c2c1CN(C(=O)c1ccc(C(F)(F)F)cc1)CC2. The predicted molar refractivity (Wildman–Crippen MR) is 109 cm³/mol. The second kappa shape index (κ2) is 8.49. The van der Waals surface area contributed by atoms with Crippen LogP contribution in [0.3, 0.4) is 0 Å². The van der Waals surface area contributed by atoms with E-state index in [4.69, 9.17) is 4.74 Å². The molecule has 1 amide bonds. The number of ether oxygens (including phenoxy) is 1. The predicted octanol–water partition coefficient (Wildman–Crippen LogP) is 4.27. The van der Waals surface area contributed by atoms with E-state index in [1.165, 1.54) is 17.0 Å². The van der Waals surface area contributed by atoms with Gasteiger partial charge in [-0.3, -0.25) is 4.79 Å². The van der Waals surface area contributed by atoms with Crippen LogP contribution in [-0.2, 0) is 23.9 Å². The number of amides is 1. The van der Waals surface area contributed by atoms with Gasteiger partial charge in [0.15, 0.2) is 5.69 Å². The summed E-state index contributed by atoms with van der Waals surface area (Å²) < 4.78 is 45.3. The van der Waals surface area contributed by atoms with Crippen LogP contribution in [0.15, 0.2) is 54.6 Å². The van der Waals surface area contributed by atoms with Crippen molar-refractivity contribution in [3.05, 3.63) is 82.7 Å². The van der Waals surface area contributed by atoms with Gasteiger partial charge in [-0.15, -0.1) is 0 Å². The van der Waals surface area contributed by atoms with Crippen molar-refractivity contribution in [2.24, 2.45) is 0 Å². The zero-order valence-corrected chi connectivity index (χ0v) is 17.2. The average molecular weight is 443 g/mol. The summed E-state index contributed by atoms with van der Waals surface area (Å²) in [6.07, 6.45) is -4.04. The first-order valence-electron chi connectivity index (χ1n) is 10.1. The van der Waals surface area contributed by atoms with Gasteiger partial charge in [0, 0.05) is 24.1 Å². The first kappa shape index (κ1) is 21.6. The van der Waals surface area contributed by atoms with E-state index in [1.54, 1.807) is 11.6 Å². The summed E-state index contributed by atoms with van der Waals surface area (Å²) >= 11 is 0. The van der Waals surface area contributed by atoms with Crippen molar-refractivity contribution < 1.29 is 27.5 Å². The van der Waals surface area contributed by atoms with Gasteiger partial charge in [-0.2, -0.15) is 18.3 Å². The van der Waals surface area contributed by atoms with Gasteiger partial charge >= 0.3 is 12.1 Å². The van der Waals surface area contributed by atoms with Crippen molar-refractivity contribution >= 4 is 11.9 Å². The molecule has 166 valence electrons. The summed E-state index contributed by atoms with van der Waals surface area (Å²) in [7, 11) is 0. The number of benzene rings is 2. The number of hydrogen-bond acceptors (Lipinski definition) is 4. The van der Waals surface area contributed by atoms with E-state index in [1.807, 2.05) is 30.3 Å². The molecule has 9 heteroatoms. The Bertz CT molecular complexity index is 1140. The van der Waals surface area contributed by atoms with Crippen molar-refractivity contribution in [3.63, 3.8) is 0 Å². The Morgan fingerprint density at radius 1 is 1.06 bits per heavy atom. The van der Waals surface area contributed by atoms with Gasteiger partial charge < -0.3 is 9.64 Å². The highest BCUT2D eigenvalue weighted by Crippen LogP contribution is 2.30. The normalized spacial score (nSPS) is 13.6. The summed E-state index contributed by atoms with van der Waals surface area (Å²) in [6, 6.07) is 13.4. The highest BCUT2D eigenvalue weighted by Gasteiger charge is 2.33. The van der Waals surface area contributed by atoms with Crippen LogP contribution in [0.25, 0.3) is 5.69 Å². The minimum absolute atomic E-state index is 0.107. The number of carbonyl (C=O) groups excluding carboxylic acids is 2. The molecule has 2 aromatic carbocycles. The third-order valence-electron chi connectivity index (χ3n) is 5.27. The molecule has 1 aliphatic rings. The van der Waals surface area contributed by atoms with Gasteiger partial charge in [-0.05, 0) is 43.3 Å². The van der Waals surface area contributed by atoms with Gasteiger partial charge in [-0.25, -0.2) is 9.48 Å². The quantitative estimate of drug-likeness (QED) is 0.565. The molecule has 0 aliphatic carbocycles.